The van der Waals surface area contributed by atoms with Crippen LogP contribution in [0.25, 0.3) is 42.9 Å². The molecule has 14 nitrogen and oxygen atoms in total. The Morgan fingerprint density at radius 3 is 1.19 bits per heavy atom. The van der Waals surface area contributed by atoms with Crippen LogP contribution in [0.2, 0.25) is 20.1 Å². The first-order valence-electron chi connectivity index (χ1n) is 31.0. The summed E-state index contributed by atoms with van der Waals surface area (Å²) in [5, 5.41) is 22.0. The first-order valence-corrected chi connectivity index (χ1v) is 223. The number of carbonyl (C=O) groups is 2. The summed E-state index contributed by atoms with van der Waals surface area (Å²) in [5.41, 5.74) is 5.85. The number of hydrogen-bond acceptors (Lipinski definition) is 15. The number of methoxy groups -OCH3 is 1. The van der Waals surface area contributed by atoms with Crippen LogP contribution in [0.1, 0.15) is 107 Å². The van der Waals surface area contributed by atoms with Gasteiger partial charge in [0.25, 0.3) is 0 Å². The van der Waals surface area contributed by atoms with Crippen molar-refractivity contribution in [3.05, 3.63) is 126 Å². The minimum absolute atomic E-state index is 0.0558. The van der Waals surface area contributed by atoms with Gasteiger partial charge in [-0.3, -0.25) is 9.80 Å². The number of halogens is 37. The van der Waals surface area contributed by atoms with Gasteiger partial charge in [0.05, 0.1) is 47.7 Å². The molecule has 0 radical (unpaired) electrons. The van der Waals surface area contributed by atoms with Gasteiger partial charge in [-0.2, -0.15) is 0 Å². The minimum Gasteiger partial charge on any atom is -0.478 e. The number of carboxylic acid groups (broad SMARTS) is 1. The van der Waals surface area contributed by atoms with E-state index in [-0.39, 0.29) is 36.6 Å². The second-order valence-corrected chi connectivity index (χ2v) is 726. The average molecular weight is 5120 g/mol. The summed E-state index contributed by atoms with van der Waals surface area (Å²) >= 11 is 80.2. The summed E-state index contributed by atoms with van der Waals surface area (Å²) in [6.07, 6.45) is 10.2. The molecule has 8 aromatic rings. The third-order valence-corrected chi connectivity index (χ3v) is 2250. The zero-order chi connectivity index (χ0) is 79.2. The van der Waals surface area contributed by atoms with E-state index < -0.39 is 126 Å². The minimum atomic E-state index is -1.14. The number of carboxylic acids is 1. The number of nitrogens with zero attached hydrogens (tertiary/aromatic N) is 8. The molecule has 628 valence electrons. The third-order valence-electron chi connectivity index (χ3n) is 17.5. The first kappa shape index (κ1) is 106. The molecular weight excluding hydrogens is 5070 g/mol. The summed E-state index contributed by atoms with van der Waals surface area (Å²) in [4.78, 5) is 42.3. The number of anilines is 2. The van der Waals surface area contributed by atoms with Crippen molar-refractivity contribution in [1.29, 1.82) is 0 Å². The smallest absolute Gasteiger partial charge is 0.335 e. The number of rotatable bonds is 28. The number of ether oxygens (including phenoxy) is 1. The van der Waals surface area contributed by atoms with E-state index in [9.17, 15) is 23.5 Å². The topological polar surface area (TPSA) is 154 Å². The maximum atomic E-state index is 14.8. The van der Waals surface area contributed by atoms with Crippen molar-refractivity contribution in [1.82, 2.24) is 30.1 Å². The number of likely N-dealkylation sites (tertiary alicyclic amines) is 2. The molecule has 4 atom stereocenters. The molecule has 4 unspecified atom stereocenters. The van der Waals surface area contributed by atoms with Crippen molar-refractivity contribution in [3.8, 4) is 22.5 Å². The molecule has 1 N–H and O–H groups in total. The Hall–Kier alpha value is 17.2. The molecule has 6 fully saturated rings. The molecule has 4 aromatic carbocycles. The summed E-state index contributed by atoms with van der Waals surface area (Å²) in [6, 6.07) is 17.6. The molecule has 53 heteroatoms. The molecule has 14 rings (SSSR count). The van der Waals surface area contributed by atoms with Gasteiger partial charge in [-0.15, -0.1) is 0 Å². The standard InChI is InChI=1S/C29H27Cl2FN4O3S.C28H25Cl2FN4O3S.I31/c1-38-28(37)16-11-22(32)26-23(12-16)40-29(33-26)36-17-7-8-18(36)14-35(13-17)10-9-19-25(34-39-27(19)15-5-6-15)24-20(30)3-2-4-21(24)31;29-19-2-1-3-20(30)23(19)24-18(26(38-33-24)14-4-5-14)8-9-34-12-16-6-7-17(13-34)35(16)28-32-25-21(31)10-15(27(36)37)11-22(25)39-28;1-17-19(4)21(6)23(8)25(10)27(12)29(14)31(16)30(15)28(13)26(11)24(9)22(7)20(5)18(2)3/h2-4,11-12,15,17-18H,5-10,13-14H2,1H3;1-3,10-11,14,16-17H,4-9,12-13H2,(H,36,37);/q;;-1. The monoisotopic (exact) mass is 5120 g/mol. The van der Waals surface area contributed by atoms with Gasteiger partial charge in [-0.05, 0) is 113 Å². The Bertz CT molecular complexity index is 4530. The fourth-order valence-electron chi connectivity index (χ4n) is 12.7. The van der Waals surface area contributed by atoms with Crippen LogP contribution in [-0.4, -0.2) is 118 Å². The molecule has 4 bridgehead atoms. The van der Waals surface area contributed by atoms with Crippen molar-refractivity contribution >= 4 is 520 Å². The van der Waals surface area contributed by atoms with E-state index in [1.165, 1.54) is 41.9 Å². The normalized spacial score (nSPS) is 20.3. The Balaban J connectivity index is 0.000000156. The predicted molar refractivity (Wildman–Crippen MR) is 725 cm³/mol. The quantitative estimate of drug-likeness (QED) is 0.0365. The van der Waals surface area contributed by atoms with Crippen LogP contribution < -0.4 is 23.1 Å². The molecule has 0 spiro atoms. The summed E-state index contributed by atoms with van der Waals surface area (Å²) in [6.45, 7) is 5.27. The van der Waals surface area contributed by atoms with E-state index in [1.54, 1.807) is 6.07 Å². The number of piperazine rings is 2. The second kappa shape index (κ2) is 50.9. The van der Waals surface area contributed by atoms with E-state index in [0.29, 0.717) is 72.2 Å². The first-order chi connectivity index (χ1) is 52.4. The number of esters is 1. The second-order valence-electron chi connectivity index (χ2n) is 23.8. The molecule has 2 saturated carbocycles. The summed E-state index contributed by atoms with van der Waals surface area (Å²) in [5.74, 6) is -0.0235. The van der Waals surface area contributed by atoms with Crippen molar-refractivity contribution < 1.29 is 50.5 Å². The van der Waals surface area contributed by atoms with E-state index >= 15 is 0 Å². The average Bonchev–Trinajstić information content (AvgIpc) is 1.65. The Labute approximate surface area is 876 Å². The van der Waals surface area contributed by atoms with Crippen molar-refractivity contribution in [2.75, 3.05) is 56.2 Å². The molecule has 110 heavy (non-hydrogen) atoms. The fourth-order valence-corrected chi connectivity index (χ4v) is 5250. The molecule has 4 aromatic heterocycles. The molecule has 2 aliphatic carbocycles. The van der Waals surface area contributed by atoms with Crippen LogP contribution in [0.5, 0.6) is 0 Å². The Morgan fingerprint density at radius 1 is 0.527 bits per heavy atom. The van der Waals surface area contributed by atoms with Gasteiger partial charge in [-0.1, -0.05) is 91.5 Å². The summed E-state index contributed by atoms with van der Waals surface area (Å²) < 4.78 is 47.1. The van der Waals surface area contributed by atoms with E-state index in [1.807, 2.05) is 36.4 Å². The summed E-state index contributed by atoms with van der Waals surface area (Å²) in [7, 11) is -5.06. The van der Waals surface area contributed by atoms with E-state index in [4.69, 9.17) is 60.2 Å². The number of fused-ring (bicyclic) bond motifs is 6. The van der Waals surface area contributed by atoms with Gasteiger partial charge >= 0.3 is 434 Å². The predicted octanol–water partition coefficient (Wildman–Crippen LogP) is 37.4. The van der Waals surface area contributed by atoms with Gasteiger partial charge in [-0.25, -0.2) is 28.3 Å². The van der Waals surface area contributed by atoms with E-state index in [2.05, 4.69) is 338 Å². The van der Waals surface area contributed by atoms with Crippen molar-refractivity contribution in [2.45, 2.75) is 100 Å². The number of hydrogen-bond donors (Lipinski definition) is 1. The fraction of sp³-hybridized carbons (Fsp3) is 0.404. The zero-order valence-corrected chi connectivity index (χ0v) is 126. The van der Waals surface area contributed by atoms with Gasteiger partial charge in [0, 0.05) is 97.5 Å². The Kier molecular flexibility index (Phi) is 49.0. The van der Waals surface area contributed by atoms with Crippen molar-refractivity contribution in [3.63, 3.8) is 0 Å². The van der Waals surface area contributed by atoms with Gasteiger partial charge in [0.1, 0.15) is 33.9 Å². The molecule has 4 saturated heterocycles. The van der Waals surface area contributed by atoms with Crippen LogP contribution in [0, 0.1) is 11.6 Å². The molecular formula is C57H52Cl4F2I31N8O6S2-. The van der Waals surface area contributed by atoms with Gasteiger partial charge in [0.15, 0.2) is 21.9 Å². The number of carbonyl (C=O) groups excluding carboxylic acids is 1. The molecule has 8 heterocycles. The van der Waals surface area contributed by atoms with Crippen LogP contribution in [0.15, 0.2) is 69.7 Å². The zero-order valence-electron chi connectivity index (χ0n) is 54.4. The van der Waals surface area contributed by atoms with Crippen LogP contribution in [-0.2, 0) is 17.6 Å². The number of benzene rings is 4. The molecule has 4 aliphatic heterocycles. The molecule has 0 amide bonds. The maximum absolute atomic E-state index is 14.8. The molecule has 6 aliphatic rings. The van der Waals surface area contributed by atoms with E-state index in [0.717, 1.165) is 165 Å². The van der Waals surface area contributed by atoms with Gasteiger partial charge < -0.3 is 28.7 Å². The van der Waals surface area contributed by atoms with Crippen LogP contribution in [0.4, 0.5) is 19.0 Å². The number of aromatic nitrogens is 4. The SMILES string of the molecule is COC(=O)c1cc(F)c2nc(N3C4CCC3CN(CCc3c(-c5c(Cl)cccc5Cl)noc3C3CC3)C4)sc2c1.I[I-]I(I)I(I)I(I)I(I)I(I)I(I)I(I)I(I)I(I)I(I)I(I)I(I)I(I)I(I)I.O=C(O)c1cc(F)c2nc(N3C4CCC3CN(CCc3c(-c5c(Cl)cccc5Cl)noc3C3CC3)C4)sc2c1. The van der Waals surface area contributed by atoms with Crippen LogP contribution in [0.3, 0.4) is 0 Å². The maximum Gasteiger partial charge on any atom is 0.335 e. The number of thiazole rings is 2. The van der Waals surface area contributed by atoms with Crippen molar-refractivity contribution in [2.24, 2.45) is 0 Å². The van der Waals surface area contributed by atoms with Gasteiger partial charge in [0.2, 0.25) is 0 Å². The third kappa shape index (κ3) is 27.5. The largest absolute Gasteiger partial charge is 0.478 e. The van der Waals surface area contributed by atoms with Crippen LogP contribution >= 0.6 is 477 Å². The number of aromatic carboxylic acids is 1. The Morgan fingerprint density at radius 2 is 0.864 bits per heavy atom.